The molecule has 1 aromatic rings. The SMILES string of the molecule is CC(N)C(O)c1cc(O)c(F)c(Cl)c1. The lowest BCUT2D eigenvalue weighted by Gasteiger charge is -2.15. The number of benzene rings is 1. The zero-order chi connectivity index (χ0) is 10.9. The molecule has 0 aromatic heterocycles. The van der Waals surface area contributed by atoms with Crippen LogP contribution in [-0.2, 0) is 0 Å². The van der Waals surface area contributed by atoms with E-state index in [1.807, 2.05) is 0 Å². The van der Waals surface area contributed by atoms with Crippen LogP contribution in [0.3, 0.4) is 0 Å². The summed E-state index contributed by atoms with van der Waals surface area (Å²) in [5.41, 5.74) is 5.73. The van der Waals surface area contributed by atoms with Gasteiger partial charge in [0.25, 0.3) is 0 Å². The first-order valence-electron chi connectivity index (χ1n) is 4.05. The largest absolute Gasteiger partial charge is 0.505 e. The Morgan fingerprint density at radius 3 is 2.50 bits per heavy atom. The molecular formula is C9H11ClFNO2. The third-order valence-electron chi connectivity index (χ3n) is 1.87. The summed E-state index contributed by atoms with van der Waals surface area (Å²) in [7, 11) is 0. The number of hydrogen-bond donors (Lipinski definition) is 3. The number of hydrogen-bond acceptors (Lipinski definition) is 3. The van der Waals surface area contributed by atoms with Crippen LogP contribution in [0, 0.1) is 5.82 Å². The van der Waals surface area contributed by atoms with E-state index in [0.29, 0.717) is 5.56 Å². The topological polar surface area (TPSA) is 66.5 Å². The number of rotatable bonds is 2. The molecule has 4 N–H and O–H groups in total. The molecule has 0 radical (unpaired) electrons. The highest BCUT2D eigenvalue weighted by Gasteiger charge is 2.16. The summed E-state index contributed by atoms with van der Waals surface area (Å²) < 4.78 is 12.9. The second kappa shape index (κ2) is 4.13. The van der Waals surface area contributed by atoms with Gasteiger partial charge < -0.3 is 15.9 Å². The van der Waals surface area contributed by atoms with Gasteiger partial charge in [0.2, 0.25) is 0 Å². The smallest absolute Gasteiger partial charge is 0.183 e. The second-order valence-corrected chi connectivity index (χ2v) is 3.55. The van der Waals surface area contributed by atoms with Crippen LogP contribution in [0.5, 0.6) is 5.75 Å². The van der Waals surface area contributed by atoms with Crippen molar-refractivity contribution in [2.45, 2.75) is 19.1 Å². The van der Waals surface area contributed by atoms with Gasteiger partial charge in [-0.3, -0.25) is 0 Å². The maximum atomic E-state index is 12.9. The molecule has 2 unspecified atom stereocenters. The minimum atomic E-state index is -0.973. The van der Waals surface area contributed by atoms with Crippen molar-refractivity contribution < 1.29 is 14.6 Å². The summed E-state index contributed by atoms with van der Waals surface area (Å²) in [5.74, 6) is -1.49. The van der Waals surface area contributed by atoms with E-state index in [1.165, 1.54) is 6.07 Å². The Morgan fingerprint density at radius 1 is 1.50 bits per heavy atom. The lowest BCUT2D eigenvalue weighted by molar-refractivity contribution is 0.153. The molecule has 14 heavy (non-hydrogen) atoms. The number of aliphatic hydroxyl groups excluding tert-OH is 1. The Morgan fingerprint density at radius 2 is 2.07 bits per heavy atom. The van der Waals surface area contributed by atoms with Crippen molar-refractivity contribution in [2.75, 3.05) is 0 Å². The fourth-order valence-electron chi connectivity index (χ4n) is 1.07. The standard InChI is InChI=1S/C9H11ClFNO2/c1-4(12)9(14)5-2-6(10)8(11)7(13)3-5/h2-4,9,13-14H,12H2,1H3. The molecular weight excluding hydrogens is 209 g/mol. The van der Waals surface area contributed by atoms with Crippen molar-refractivity contribution in [3.63, 3.8) is 0 Å². The fraction of sp³-hybridized carbons (Fsp3) is 0.333. The lowest BCUT2D eigenvalue weighted by Crippen LogP contribution is -2.24. The number of aromatic hydroxyl groups is 1. The second-order valence-electron chi connectivity index (χ2n) is 3.14. The molecule has 0 fully saturated rings. The van der Waals surface area contributed by atoms with Gasteiger partial charge in [0, 0.05) is 6.04 Å². The summed E-state index contributed by atoms with van der Waals surface area (Å²) in [6, 6.07) is 1.83. The Hall–Kier alpha value is -0.840. The highest BCUT2D eigenvalue weighted by Crippen LogP contribution is 2.29. The summed E-state index contributed by atoms with van der Waals surface area (Å²) in [6.45, 7) is 1.60. The van der Waals surface area contributed by atoms with E-state index < -0.39 is 23.7 Å². The summed E-state index contributed by atoms with van der Waals surface area (Å²) in [6.07, 6.45) is -0.973. The molecule has 0 aliphatic rings. The van der Waals surface area contributed by atoms with Crippen LogP contribution in [-0.4, -0.2) is 16.3 Å². The maximum absolute atomic E-state index is 12.9. The van der Waals surface area contributed by atoms with E-state index in [2.05, 4.69) is 0 Å². The van der Waals surface area contributed by atoms with E-state index in [0.717, 1.165) is 6.07 Å². The first kappa shape index (κ1) is 11.2. The van der Waals surface area contributed by atoms with Crippen LogP contribution in [0.1, 0.15) is 18.6 Å². The zero-order valence-corrected chi connectivity index (χ0v) is 8.29. The van der Waals surface area contributed by atoms with Gasteiger partial charge in [-0.1, -0.05) is 11.6 Å². The zero-order valence-electron chi connectivity index (χ0n) is 7.54. The number of phenols is 1. The quantitative estimate of drug-likeness (QED) is 0.707. The van der Waals surface area contributed by atoms with Crippen molar-refractivity contribution in [1.82, 2.24) is 0 Å². The van der Waals surface area contributed by atoms with Gasteiger partial charge in [-0.15, -0.1) is 0 Å². The molecule has 0 heterocycles. The number of nitrogens with two attached hydrogens (primary N) is 1. The van der Waals surface area contributed by atoms with Gasteiger partial charge in [0.05, 0.1) is 11.1 Å². The van der Waals surface area contributed by atoms with E-state index in [-0.39, 0.29) is 5.02 Å². The molecule has 2 atom stereocenters. The van der Waals surface area contributed by atoms with Crippen molar-refractivity contribution in [2.24, 2.45) is 5.73 Å². The Labute approximate surface area is 85.9 Å². The molecule has 0 saturated heterocycles. The van der Waals surface area contributed by atoms with E-state index >= 15 is 0 Å². The van der Waals surface area contributed by atoms with Crippen LogP contribution < -0.4 is 5.73 Å². The molecule has 0 aliphatic heterocycles. The van der Waals surface area contributed by atoms with Crippen molar-refractivity contribution in [3.8, 4) is 5.75 Å². The monoisotopic (exact) mass is 219 g/mol. The lowest BCUT2D eigenvalue weighted by atomic mass is 10.0. The first-order chi connectivity index (χ1) is 6.43. The molecule has 78 valence electrons. The fourth-order valence-corrected chi connectivity index (χ4v) is 1.29. The number of phenolic OH excluding ortho intramolecular Hbond substituents is 1. The van der Waals surface area contributed by atoms with Gasteiger partial charge in [-0.05, 0) is 24.6 Å². The minimum absolute atomic E-state index is 0.236. The predicted molar refractivity (Wildman–Crippen MR) is 51.7 cm³/mol. The summed E-state index contributed by atoms with van der Waals surface area (Å²) in [4.78, 5) is 0. The van der Waals surface area contributed by atoms with Gasteiger partial charge in [-0.2, -0.15) is 0 Å². The number of halogens is 2. The average Bonchev–Trinajstić information content (AvgIpc) is 2.12. The Bertz CT molecular complexity index is 321. The van der Waals surface area contributed by atoms with Crippen LogP contribution in [0.2, 0.25) is 5.02 Å². The highest BCUT2D eigenvalue weighted by atomic mass is 35.5. The molecule has 3 nitrogen and oxygen atoms in total. The Kier molecular flexibility index (Phi) is 3.31. The van der Waals surface area contributed by atoms with Gasteiger partial charge >= 0.3 is 0 Å². The highest BCUT2D eigenvalue weighted by molar-refractivity contribution is 6.30. The van der Waals surface area contributed by atoms with Crippen LogP contribution in [0.4, 0.5) is 4.39 Å². The third kappa shape index (κ3) is 2.15. The molecule has 5 heteroatoms. The molecule has 0 amide bonds. The van der Waals surface area contributed by atoms with Crippen molar-refractivity contribution in [1.29, 1.82) is 0 Å². The third-order valence-corrected chi connectivity index (χ3v) is 2.15. The van der Waals surface area contributed by atoms with E-state index in [1.54, 1.807) is 6.92 Å². The summed E-state index contributed by atoms with van der Waals surface area (Å²) in [5, 5.41) is 18.4. The normalized spacial score (nSPS) is 15.2. The van der Waals surface area contributed by atoms with Crippen LogP contribution in [0.25, 0.3) is 0 Å². The molecule has 0 saturated carbocycles. The number of aliphatic hydroxyl groups is 1. The molecule has 0 aliphatic carbocycles. The van der Waals surface area contributed by atoms with Gasteiger partial charge in [-0.25, -0.2) is 4.39 Å². The minimum Gasteiger partial charge on any atom is -0.505 e. The van der Waals surface area contributed by atoms with Crippen molar-refractivity contribution in [3.05, 3.63) is 28.5 Å². The van der Waals surface area contributed by atoms with Crippen molar-refractivity contribution >= 4 is 11.6 Å². The molecule has 1 rings (SSSR count). The van der Waals surface area contributed by atoms with Crippen LogP contribution in [0.15, 0.2) is 12.1 Å². The first-order valence-corrected chi connectivity index (χ1v) is 4.43. The summed E-state index contributed by atoms with van der Waals surface area (Å²) >= 11 is 5.48. The molecule has 0 bridgehead atoms. The maximum Gasteiger partial charge on any atom is 0.183 e. The molecule has 1 aromatic carbocycles. The Balaban J connectivity index is 3.12. The van der Waals surface area contributed by atoms with E-state index in [9.17, 15) is 9.50 Å². The average molecular weight is 220 g/mol. The van der Waals surface area contributed by atoms with Crippen LogP contribution >= 0.6 is 11.6 Å². The van der Waals surface area contributed by atoms with Gasteiger partial charge in [0.1, 0.15) is 0 Å². The molecule has 0 spiro atoms. The van der Waals surface area contributed by atoms with E-state index in [4.69, 9.17) is 22.4 Å². The van der Waals surface area contributed by atoms with Gasteiger partial charge in [0.15, 0.2) is 11.6 Å². The predicted octanol–water partition coefficient (Wildman–Crippen LogP) is 1.57.